The van der Waals surface area contributed by atoms with Gasteiger partial charge in [0, 0.05) is 0 Å². The molecule has 5 heteroatoms. The zero-order valence-electron chi connectivity index (χ0n) is 11.0. The second-order valence-corrected chi connectivity index (χ2v) is 15.4. The van der Waals surface area contributed by atoms with Crippen LogP contribution in [0.5, 0.6) is 0 Å². The van der Waals surface area contributed by atoms with E-state index in [9.17, 15) is 0 Å². The normalized spacial score (nSPS) is 36.8. The van der Waals surface area contributed by atoms with Crippen LogP contribution in [-0.4, -0.2) is 93.7 Å². The summed E-state index contributed by atoms with van der Waals surface area (Å²) < 4.78 is 6.46. The predicted molar refractivity (Wildman–Crippen MR) is 94.9 cm³/mol. The molecule has 3 saturated heterocycles. The van der Waals surface area contributed by atoms with E-state index in [0.29, 0.717) is 20.9 Å². The Hall–Kier alpha value is 2.81. The molecule has 0 nitrogen and oxygen atoms in total. The van der Waals surface area contributed by atoms with Crippen LogP contribution in [0, 0.1) is 5.92 Å². The van der Waals surface area contributed by atoms with Crippen molar-refractivity contribution in [1.29, 1.82) is 0 Å². The van der Waals surface area contributed by atoms with Gasteiger partial charge in [0.05, 0.1) is 0 Å². The van der Waals surface area contributed by atoms with E-state index in [1.807, 2.05) is 7.10 Å². The van der Waals surface area contributed by atoms with Gasteiger partial charge in [-0.3, -0.25) is 0 Å². The first-order chi connectivity index (χ1) is 9.20. The predicted octanol–water partition coefficient (Wildman–Crippen LogP) is 2.39. The number of hydrogen-bond acceptors (Lipinski definition) is 2. The zero-order chi connectivity index (χ0) is 13.2. The van der Waals surface area contributed by atoms with Gasteiger partial charge in [0.15, 0.2) is 0 Å². The summed E-state index contributed by atoms with van der Waals surface area (Å²) in [7, 11) is 0. The third kappa shape index (κ3) is 6.08. The first-order valence-electron chi connectivity index (χ1n) is 7.10. The molecule has 0 aromatic carbocycles. The summed E-state index contributed by atoms with van der Waals surface area (Å²) in [4.78, 5) is 0. The van der Waals surface area contributed by atoms with Gasteiger partial charge >= 0.3 is 164 Å². The minimum absolute atomic E-state index is 0.293. The molecule has 0 saturated carbocycles. The van der Waals surface area contributed by atoms with Crippen molar-refractivity contribution >= 4 is 95.2 Å². The Kier molecular flexibility index (Phi) is 7.08. The molecule has 0 bridgehead atoms. The molecule has 0 radical (unpaired) electrons. The summed E-state index contributed by atoms with van der Waals surface area (Å²) in [5, 5.41) is 2.04. The van der Waals surface area contributed by atoms with E-state index in [-0.39, 0.29) is 0 Å². The van der Waals surface area contributed by atoms with Crippen LogP contribution < -0.4 is 0 Å². The summed E-state index contributed by atoms with van der Waals surface area (Å²) in [6.45, 7) is 0. The molecular formula is C14H20S2Te3. The van der Waals surface area contributed by atoms with Crippen LogP contribution >= 0.6 is 23.5 Å². The molecule has 3 aliphatic rings. The van der Waals surface area contributed by atoms with Crippen molar-refractivity contribution in [3.63, 3.8) is 0 Å². The monoisotopic (exact) mass is 642 g/mol. The van der Waals surface area contributed by atoms with Crippen LogP contribution in [0.25, 0.3) is 0 Å². The fourth-order valence-electron chi connectivity index (χ4n) is 2.57. The zero-order valence-corrected chi connectivity index (χ0v) is 19.6. The molecule has 3 aliphatic heterocycles. The van der Waals surface area contributed by atoms with E-state index < -0.39 is 0 Å². The van der Waals surface area contributed by atoms with Crippen LogP contribution in [0.4, 0.5) is 0 Å². The van der Waals surface area contributed by atoms with Crippen LogP contribution in [0.3, 0.4) is 0 Å². The van der Waals surface area contributed by atoms with Gasteiger partial charge in [0.25, 0.3) is 0 Å². The van der Waals surface area contributed by atoms with Crippen molar-refractivity contribution < 1.29 is 0 Å². The molecule has 4 unspecified atom stereocenters. The van der Waals surface area contributed by atoms with Gasteiger partial charge in [-0.05, 0) is 0 Å². The Balaban J connectivity index is 1.35. The molecular weight excluding hydrogens is 615 g/mol. The quantitative estimate of drug-likeness (QED) is 0.312. The Morgan fingerprint density at radius 1 is 1.00 bits per heavy atom. The van der Waals surface area contributed by atoms with E-state index in [1.165, 1.54) is 37.2 Å². The van der Waals surface area contributed by atoms with Gasteiger partial charge in [-0.25, -0.2) is 0 Å². The fraction of sp³-hybridized carbons (Fsp3) is 0.857. The summed E-state index contributed by atoms with van der Waals surface area (Å²) in [5.74, 6) is 3.92. The fourth-order valence-corrected chi connectivity index (χ4v) is 13.0. The number of rotatable bonds is 7. The molecule has 0 aliphatic carbocycles. The SMILES string of the molecule is [Te]=C(CC1CS1)CC1CCC(C(=[Te])CC2CS2)C[Te]1. The molecule has 0 aromatic rings. The van der Waals surface area contributed by atoms with Gasteiger partial charge in [-0.2, -0.15) is 0 Å². The van der Waals surface area contributed by atoms with Gasteiger partial charge in [0.1, 0.15) is 0 Å². The molecule has 4 atom stereocenters. The standard InChI is InChI=1S/C14H20S2Te3/c17-12(3-10-6-15-10)5-13-2-1-9(8-19-13)14(18)4-11-7-16-11/h9-11,13H,1-8H2. The van der Waals surface area contributed by atoms with Crippen LogP contribution in [0.1, 0.15) is 32.1 Å². The van der Waals surface area contributed by atoms with E-state index in [4.69, 9.17) is 0 Å². The molecule has 0 aromatic heterocycles. The second-order valence-electron chi connectivity index (χ2n) is 5.76. The van der Waals surface area contributed by atoms with Crippen molar-refractivity contribution in [1.82, 2.24) is 0 Å². The van der Waals surface area contributed by atoms with Crippen molar-refractivity contribution in [2.24, 2.45) is 5.92 Å². The maximum absolute atomic E-state index is 2.38. The van der Waals surface area contributed by atoms with Gasteiger partial charge < -0.3 is 0 Å². The summed E-state index contributed by atoms with van der Waals surface area (Å²) in [6, 6.07) is 0. The molecule has 3 heterocycles. The Bertz CT molecular complexity index is 356. The van der Waals surface area contributed by atoms with Crippen LogP contribution in [-0.2, 0) is 0 Å². The molecule has 0 amide bonds. The molecule has 3 fully saturated rings. The Labute approximate surface area is 161 Å². The van der Waals surface area contributed by atoms with Crippen LogP contribution in [0.2, 0.25) is 8.43 Å². The molecule has 0 spiro atoms. The Morgan fingerprint density at radius 2 is 1.68 bits per heavy atom. The second kappa shape index (κ2) is 8.07. The van der Waals surface area contributed by atoms with Crippen molar-refractivity contribution in [3.8, 4) is 0 Å². The van der Waals surface area contributed by atoms with Crippen molar-refractivity contribution in [3.05, 3.63) is 0 Å². The third-order valence-corrected chi connectivity index (χ3v) is 12.5. The molecule has 106 valence electrons. The first-order valence-corrected chi connectivity index (χ1v) is 14.5. The average Bonchev–Trinajstić information content (AvgIpc) is 3.26. The number of hydrogen-bond donors (Lipinski definition) is 0. The van der Waals surface area contributed by atoms with Gasteiger partial charge in [-0.1, -0.05) is 0 Å². The van der Waals surface area contributed by atoms with Crippen molar-refractivity contribution in [2.75, 3.05) is 11.5 Å². The molecule has 19 heavy (non-hydrogen) atoms. The Morgan fingerprint density at radius 3 is 2.26 bits per heavy atom. The third-order valence-electron chi connectivity index (χ3n) is 3.97. The molecule has 0 N–H and O–H groups in total. The summed E-state index contributed by atoms with van der Waals surface area (Å²) in [6.07, 6.45) is 7.46. The maximum atomic E-state index is 2.38. The van der Waals surface area contributed by atoms with Crippen LogP contribution in [0.15, 0.2) is 0 Å². The summed E-state index contributed by atoms with van der Waals surface area (Å²) in [5.41, 5.74) is 0. The minimum atomic E-state index is 0.293. The van der Waals surface area contributed by atoms with Gasteiger partial charge in [0.2, 0.25) is 0 Å². The average molecular weight is 635 g/mol. The van der Waals surface area contributed by atoms with Gasteiger partial charge in [-0.15, -0.1) is 0 Å². The van der Waals surface area contributed by atoms with Crippen molar-refractivity contribution in [2.45, 2.75) is 51.0 Å². The number of thioether (sulfide) groups is 2. The topological polar surface area (TPSA) is 0 Å². The van der Waals surface area contributed by atoms with E-state index in [1.54, 1.807) is 10.9 Å². The first kappa shape index (κ1) is 16.7. The molecule has 3 rings (SSSR count). The van der Waals surface area contributed by atoms with E-state index >= 15 is 0 Å². The summed E-state index contributed by atoms with van der Waals surface area (Å²) >= 11 is 9.36. The van der Waals surface area contributed by atoms with E-state index in [0.717, 1.165) is 20.4 Å². The van der Waals surface area contributed by atoms with E-state index in [2.05, 4.69) is 67.2 Å².